The molecule has 1 saturated heterocycles. The summed E-state index contributed by atoms with van der Waals surface area (Å²) < 4.78 is 38.2. The van der Waals surface area contributed by atoms with Crippen molar-refractivity contribution >= 4 is 5.78 Å². The average molecular weight is 319 g/mol. The first-order valence-corrected chi connectivity index (χ1v) is 7.47. The predicted octanol–water partition coefficient (Wildman–Crippen LogP) is 4.14. The summed E-state index contributed by atoms with van der Waals surface area (Å²) in [5.41, 5.74) is 0.745. The molecule has 0 amide bonds. The first-order valence-electron chi connectivity index (χ1n) is 7.47. The molecule has 1 aliphatic heterocycles. The van der Waals surface area contributed by atoms with Gasteiger partial charge in [0.2, 0.25) is 0 Å². The number of carbonyl (C=O) groups excluding carboxylic acids is 1. The van der Waals surface area contributed by atoms with Gasteiger partial charge in [-0.15, -0.1) is 0 Å². The number of carbonyl (C=O) groups is 1. The molecule has 1 heterocycles. The van der Waals surface area contributed by atoms with Gasteiger partial charge in [0.15, 0.2) is 5.78 Å². The van der Waals surface area contributed by atoms with Gasteiger partial charge in [0.05, 0.1) is 5.56 Å². The van der Waals surface area contributed by atoms with Gasteiger partial charge in [0.25, 0.3) is 0 Å². The van der Waals surface area contributed by atoms with Crippen LogP contribution in [-0.2, 0) is 12.7 Å². The molecule has 0 radical (unpaired) electrons. The third-order valence-corrected chi connectivity index (χ3v) is 4.02. The monoisotopic (exact) mass is 319 g/mol. The Balaban J connectivity index is 1.77. The van der Waals surface area contributed by atoms with Crippen LogP contribution in [0.3, 0.4) is 0 Å². The standard InChI is InChI=1S/C18H16F3NO/c19-18(20,21)16-4-1-3-15(11-16)17(23)14-7-5-13(6-8-14)12-22-9-2-10-22/h1,3-8,11H,2,9-10,12H2. The maximum atomic E-state index is 12.7. The molecule has 0 bridgehead atoms. The van der Waals surface area contributed by atoms with Crippen molar-refractivity contribution in [3.05, 3.63) is 70.8 Å². The van der Waals surface area contributed by atoms with Crippen LogP contribution in [0, 0.1) is 0 Å². The zero-order valence-electron chi connectivity index (χ0n) is 12.4. The molecule has 0 aromatic heterocycles. The largest absolute Gasteiger partial charge is 0.416 e. The molecule has 3 rings (SSSR count). The summed E-state index contributed by atoms with van der Waals surface area (Å²) >= 11 is 0. The SMILES string of the molecule is O=C(c1ccc(CN2CCC2)cc1)c1cccc(C(F)(F)F)c1. The summed E-state index contributed by atoms with van der Waals surface area (Å²) in [7, 11) is 0. The fourth-order valence-corrected chi connectivity index (χ4v) is 2.56. The van der Waals surface area contributed by atoms with Crippen LogP contribution in [0.5, 0.6) is 0 Å². The van der Waals surface area contributed by atoms with Crippen molar-refractivity contribution in [2.45, 2.75) is 19.1 Å². The van der Waals surface area contributed by atoms with E-state index in [1.165, 1.54) is 18.6 Å². The van der Waals surface area contributed by atoms with E-state index in [1.807, 2.05) is 12.1 Å². The lowest BCUT2D eigenvalue weighted by molar-refractivity contribution is -0.137. The fraction of sp³-hybridized carbons (Fsp3) is 0.278. The predicted molar refractivity (Wildman–Crippen MR) is 81.2 cm³/mol. The van der Waals surface area contributed by atoms with Crippen molar-refractivity contribution in [2.75, 3.05) is 13.1 Å². The number of hydrogen-bond donors (Lipinski definition) is 0. The van der Waals surface area contributed by atoms with Crippen molar-refractivity contribution < 1.29 is 18.0 Å². The van der Waals surface area contributed by atoms with Gasteiger partial charge in [-0.3, -0.25) is 9.69 Å². The molecule has 0 unspecified atom stereocenters. The Bertz CT molecular complexity index is 703. The molecule has 2 nitrogen and oxygen atoms in total. The van der Waals surface area contributed by atoms with Gasteiger partial charge in [-0.2, -0.15) is 13.2 Å². The van der Waals surface area contributed by atoms with E-state index in [4.69, 9.17) is 0 Å². The molecule has 1 fully saturated rings. The second kappa shape index (κ2) is 6.16. The molecule has 0 N–H and O–H groups in total. The minimum absolute atomic E-state index is 0.0512. The van der Waals surface area contributed by atoms with Crippen LogP contribution in [0.2, 0.25) is 0 Å². The fourth-order valence-electron chi connectivity index (χ4n) is 2.56. The molecule has 2 aromatic rings. The highest BCUT2D eigenvalue weighted by Gasteiger charge is 2.30. The zero-order chi connectivity index (χ0) is 16.4. The van der Waals surface area contributed by atoms with E-state index >= 15 is 0 Å². The smallest absolute Gasteiger partial charge is 0.299 e. The van der Waals surface area contributed by atoms with Crippen molar-refractivity contribution in [1.29, 1.82) is 0 Å². The minimum atomic E-state index is -4.45. The van der Waals surface area contributed by atoms with Gasteiger partial charge in [-0.1, -0.05) is 36.4 Å². The summed E-state index contributed by atoms with van der Waals surface area (Å²) in [5, 5.41) is 0. The quantitative estimate of drug-likeness (QED) is 0.789. The van der Waals surface area contributed by atoms with Gasteiger partial charge in [0.1, 0.15) is 0 Å². The van der Waals surface area contributed by atoms with Gasteiger partial charge in [-0.05, 0) is 37.2 Å². The van der Waals surface area contributed by atoms with Crippen LogP contribution in [0.15, 0.2) is 48.5 Å². The van der Waals surface area contributed by atoms with E-state index in [0.717, 1.165) is 37.3 Å². The van der Waals surface area contributed by atoms with Gasteiger partial charge >= 0.3 is 6.18 Å². The van der Waals surface area contributed by atoms with E-state index in [0.29, 0.717) is 5.56 Å². The van der Waals surface area contributed by atoms with Crippen LogP contribution >= 0.6 is 0 Å². The van der Waals surface area contributed by atoms with E-state index in [9.17, 15) is 18.0 Å². The Labute approximate surface area is 132 Å². The summed E-state index contributed by atoms with van der Waals surface area (Å²) in [4.78, 5) is 14.6. The van der Waals surface area contributed by atoms with Crippen LogP contribution in [0.1, 0.15) is 33.5 Å². The van der Waals surface area contributed by atoms with Gasteiger partial charge < -0.3 is 0 Å². The number of likely N-dealkylation sites (tertiary alicyclic amines) is 1. The molecule has 0 atom stereocenters. The molecule has 0 saturated carbocycles. The lowest BCUT2D eigenvalue weighted by atomic mass is 10.00. The van der Waals surface area contributed by atoms with Gasteiger partial charge in [0, 0.05) is 17.7 Å². The Morgan fingerprint density at radius 2 is 1.70 bits per heavy atom. The van der Waals surface area contributed by atoms with Gasteiger partial charge in [-0.25, -0.2) is 0 Å². The second-order valence-electron chi connectivity index (χ2n) is 5.73. The van der Waals surface area contributed by atoms with E-state index in [1.54, 1.807) is 12.1 Å². The van der Waals surface area contributed by atoms with Crippen molar-refractivity contribution in [3.63, 3.8) is 0 Å². The number of alkyl halides is 3. The molecule has 0 aliphatic carbocycles. The van der Waals surface area contributed by atoms with E-state index < -0.39 is 17.5 Å². The number of ketones is 1. The average Bonchev–Trinajstić information content (AvgIpc) is 2.50. The highest BCUT2D eigenvalue weighted by Crippen LogP contribution is 2.30. The van der Waals surface area contributed by atoms with E-state index in [-0.39, 0.29) is 5.56 Å². The maximum Gasteiger partial charge on any atom is 0.416 e. The zero-order valence-corrected chi connectivity index (χ0v) is 12.4. The summed E-state index contributed by atoms with van der Waals surface area (Å²) in [6, 6.07) is 11.6. The first kappa shape index (κ1) is 15.7. The Morgan fingerprint density at radius 1 is 1.00 bits per heavy atom. The second-order valence-corrected chi connectivity index (χ2v) is 5.73. The summed E-state index contributed by atoms with van der Waals surface area (Å²) in [6.07, 6.45) is -3.23. The van der Waals surface area contributed by atoms with Crippen LogP contribution in [0.4, 0.5) is 13.2 Å². The lowest BCUT2D eigenvalue weighted by Gasteiger charge is -2.30. The third kappa shape index (κ3) is 3.62. The maximum absolute atomic E-state index is 12.7. The highest BCUT2D eigenvalue weighted by atomic mass is 19.4. The number of halogens is 3. The molecular formula is C18H16F3NO. The summed E-state index contributed by atoms with van der Waals surface area (Å²) in [6.45, 7) is 3.02. The normalized spacial score (nSPS) is 15.3. The number of benzene rings is 2. The molecule has 2 aromatic carbocycles. The van der Waals surface area contributed by atoms with Crippen molar-refractivity contribution in [3.8, 4) is 0 Å². The number of nitrogens with zero attached hydrogens (tertiary/aromatic N) is 1. The topological polar surface area (TPSA) is 20.3 Å². The summed E-state index contributed by atoms with van der Waals surface area (Å²) in [5.74, 6) is -0.397. The number of rotatable bonds is 4. The van der Waals surface area contributed by atoms with Crippen molar-refractivity contribution in [2.24, 2.45) is 0 Å². The Kier molecular flexibility index (Phi) is 4.22. The molecule has 23 heavy (non-hydrogen) atoms. The first-order chi connectivity index (χ1) is 10.9. The molecular weight excluding hydrogens is 303 g/mol. The molecule has 120 valence electrons. The molecule has 1 aliphatic rings. The van der Waals surface area contributed by atoms with Crippen LogP contribution < -0.4 is 0 Å². The molecule has 0 spiro atoms. The van der Waals surface area contributed by atoms with Crippen molar-refractivity contribution in [1.82, 2.24) is 4.90 Å². The number of hydrogen-bond acceptors (Lipinski definition) is 2. The lowest BCUT2D eigenvalue weighted by Crippen LogP contribution is -2.36. The molecule has 5 heteroatoms. The third-order valence-electron chi connectivity index (χ3n) is 4.02. The van der Waals surface area contributed by atoms with E-state index in [2.05, 4.69) is 4.90 Å². The Hall–Kier alpha value is -2.14. The van der Waals surface area contributed by atoms with Crippen LogP contribution in [-0.4, -0.2) is 23.8 Å². The Morgan fingerprint density at radius 3 is 2.26 bits per heavy atom. The highest BCUT2D eigenvalue weighted by molar-refractivity contribution is 6.09. The minimum Gasteiger partial charge on any atom is -0.299 e. The van der Waals surface area contributed by atoms with Crippen LogP contribution in [0.25, 0.3) is 0 Å².